The normalized spacial score (nSPS) is 14.5. The van der Waals surface area contributed by atoms with Crippen LogP contribution in [0.1, 0.15) is 33.1 Å². The van der Waals surface area contributed by atoms with Crippen LogP contribution in [0, 0.1) is 5.92 Å². The van der Waals surface area contributed by atoms with Gasteiger partial charge in [0.1, 0.15) is 12.1 Å². The van der Waals surface area contributed by atoms with Crippen molar-refractivity contribution in [3.63, 3.8) is 0 Å². The summed E-state index contributed by atoms with van der Waals surface area (Å²) in [5.74, 6) is -3.38. The highest BCUT2D eigenvalue weighted by Crippen LogP contribution is 2.05. The predicted octanol–water partition coefficient (Wildman–Crippen LogP) is -2.33. The fraction of sp³-hybridized carbons (Fsp3) is 0.714. The number of carbonyl (C=O) groups is 4. The van der Waals surface area contributed by atoms with E-state index in [2.05, 4.69) is 10.6 Å². The van der Waals surface area contributed by atoms with Crippen molar-refractivity contribution in [1.82, 2.24) is 10.6 Å². The van der Waals surface area contributed by atoms with Gasteiger partial charge in [-0.2, -0.15) is 0 Å². The third kappa shape index (κ3) is 8.44. The van der Waals surface area contributed by atoms with Gasteiger partial charge in [-0.1, -0.05) is 13.8 Å². The molecule has 0 rings (SSSR count). The predicted molar refractivity (Wildman–Crippen MR) is 84.4 cm³/mol. The lowest BCUT2D eigenvalue weighted by Crippen LogP contribution is -2.55. The zero-order valence-electron chi connectivity index (χ0n) is 13.8. The number of nitrogens with two attached hydrogens (primary N) is 2. The molecule has 0 bridgehead atoms. The number of aliphatic carboxylic acids is 1. The summed E-state index contributed by atoms with van der Waals surface area (Å²) in [6.07, 6.45) is 0.0953. The summed E-state index contributed by atoms with van der Waals surface area (Å²) in [7, 11) is 0. The number of carbonyl (C=O) groups excluding carboxylic acids is 3. The summed E-state index contributed by atoms with van der Waals surface area (Å²) in [5, 5.41) is 22.2. The molecular formula is C14H26N4O6. The van der Waals surface area contributed by atoms with Gasteiger partial charge in [-0.05, 0) is 18.8 Å². The first-order valence-electron chi connectivity index (χ1n) is 7.56. The van der Waals surface area contributed by atoms with Gasteiger partial charge in [0.25, 0.3) is 0 Å². The average Bonchev–Trinajstić information content (AvgIpc) is 2.46. The van der Waals surface area contributed by atoms with E-state index in [9.17, 15) is 19.2 Å². The number of carboxylic acids is 1. The zero-order valence-corrected chi connectivity index (χ0v) is 13.8. The molecule has 24 heavy (non-hydrogen) atoms. The van der Waals surface area contributed by atoms with Crippen molar-refractivity contribution in [2.24, 2.45) is 17.4 Å². The highest BCUT2D eigenvalue weighted by atomic mass is 16.4. The monoisotopic (exact) mass is 346 g/mol. The summed E-state index contributed by atoms with van der Waals surface area (Å²) < 4.78 is 0. The van der Waals surface area contributed by atoms with E-state index >= 15 is 0 Å². The van der Waals surface area contributed by atoms with Gasteiger partial charge in [0.15, 0.2) is 0 Å². The summed E-state index contributed by atoms with van der Waals surface area (Å²) in [4.78, 5) is 45.9. The lowest BCUT2D eigenvalue weighted by atomic mass is 10.0. The molecule has 0 aliphatic rings. The molecule has 3 amide bonds. The van der Waals surface area contributed by atoms with E-state index in [1.807, 2.05) is 13.8 Å². The minimum Gasteiger partial charge on any atom is -0.480 e. The third-order valence-corrected chi connectivity index (χ3v) is 3.17. The van der Waals surface area contributed by atoms with Gasteiger partial charge in [0, 0.05) is 6.42 Å². The van der Waals surface area contributed by atoms with Crippen LogP contribution in [0.25, 0.3) is 0 Å². The average molecular weight is 346 g/mol. The van der Waals surface area contributed by atoms with Crippen molar-refractivity contribution in [3.8, 4) is 0 Å². The number of rotatable bonds is 11. The molecule has 0 aromatic carbocycles. The number of nitrogens with one attached hydrogen (secondary N) is 2. The van der Waals surface area contributed by atoms with Gasteiger partial charge in [-0.3, -0.25) is 14.4 Å². The van der Waals surface area contributed by atoms with E-state index in [4.69, 9.17) is 21.7 Å². The van der Waals surface area contributed by atoms with Gasteiger partial charge in [-0.25, -0.2) is 4.79 Å². The Balaban J connectivity index is 4.95. The van der Waals surface area contributed by atoms with Crippen molar-refractivity contribution >= 4 is 23.7 Å². The standard InChI is InChI=1S/C14H26N4O6/c1-7(2)5-8(15)12(21)17-9(3-4-11(16)20)13(22)18-10(6-19)14(23)24/h7-10,19H,3-6,15H2,1-2H3,(H2,16,20)(H,17,21)(H,18,22)(H,23,24)/t8-,9-,10-/m0/s1. The molecule has 138 valence electrons. The van der Waals surface area contributed by atoms with E-state index in [-0.39, 0.29) is 18.8 Å². The van der Waals surface area contributed by atoms with Gasteiger partial charge in [0.05, 0.1) is 12.6 Å². The van der Waals surface area contributed by atoms with E-state index in [0.717, 1.165) is 0 Å². The maximum absolute atomic E-state index is 12.1. The summed E-state index contributed by atoms with van der Waals surface area (Å²) in [6.45, 7) is 2.94. The minimum absolute atomic E-state index is 0.112. The van der Waals surface area contributed by atoms with Crippen molar-refractivity contribution in [2.75, 3.05) is 6.61 Å². The molecule has 10 nitrogen and oxygen atoms in total. The third-order valence-electron chi connectivity index (χ3n) is 3.17. The second kappa shape index (κ2) is 10.6. The van der Waals surface area contributed by atoms with Crippen molar-refractivity contribution in [3.05, 3.63) is 0 Å². The van der Waals surface area contributed by atoms with E-state index < -0.39 is 48.4 Å². The molecule has 0 aliphatic carbocycles. The number of carboxylic acid groups (broad SMARTS) is 1. The summed E-state index contributed by atoms with van der Waals surface area (Å²) in [6, 6.07) is -3.55. The maximum Gasteiger partial charge on any atom is 0.328 e. The lowest BCUT2D eigenvalue weighted by Gasteiger charge is -2.22. The van der Waals surface area contributed by atoms with Crippen LogP contribution in [-0.2, 0) is 19.2 Å². The van der Waals surface area contributed by atoms with Crippen molar-refractivity contribution in [2.45, 2.75) is 51.2 Å². The van der Waals surface area contributed by atoms with Crippen LogP contribution in [-0.4, -0.2) is 58.6 Å². The highest BCUT2D eigenvalue weighted by molar-refractivity contribution is 5.92. The van der Waals surface area contributed by atoms with E-state index in [1.54, 1.807) is 0 Å². The number of hydrogen-bond donors (Lipinski definition) is 6. The molecular weight excluding hydrogens is 320 g/mol. The first kappa shape index (κ1) is 21.8. The molecule has 0 heterocycles. The molecule has 10 heteroatoms. The summed E-state index contributed by atoms with van der Waals surface area (Å²) >= 11 is 0. The van der Waals surface area contributed by atoms with Gasteiger partial charge >= 0.3 is 5.97 Å². The Bertz CT molecular complexity index is 468. The number of aliphatic hydroxyl groups excluding tert-OH is 1. The largest absolute Gasteiger partial charge is 0.480 e. The number of amides is 3. The van der Waals surface area contributed by atoms with Crippen molar-refractivity contribution in [1.29, 1.82) is 0 Å². The molecule has 0 spiro atoms. The van der Waals surface area contributed by atoms with E-state index in [1.165, 1.54) is 0 Å². The molecule has 8 N–H and O–H groups in total. The lowest BCUT2D eigenvalue weighted by molar-refractivity contribution is -0.143. The Morgan fingerprint density at radius 1 is 1.04 bits per heavy atom. The smallest absolute Gasteiger partial charge is 0.328 e. The van der Waals surface area contributed by atoms with Crippen LogP contribution in [0.2, 0.25) is 0 Å². The van der Waals surface area contributed by atoms with Gasteiger partial charge < -0.3 is 32.3 Å². The van der Waals surface area contributed by atoms with Crippen LogP contribution >= 0.6 is 0 Å². The van der Waals surface area contributed by atoms with Gasteiger partial charge in [-0.15, -0.1) is 0 Å². The Kier molecular flexibility index (Phi) is 9.58. The Labute approximate surface area is 139 Å². The molecule has 0 fully saturated rings. The topological polar surface area (TPSA) is 185 Å². The fourth-order valence-electron chi connectivity index (χ4n) is 1.91. The minimum atomic E-state index is -1.52. The van der Waals surface area contributed by atoms with Crippen LogP contribution < -0.4 is 22.1 Å². The Hall–Kier alpha value is -2.20. The van der Waals surface area contributed by atoms with E-state index in [0.29, 0.717) is 6.42 Å². The SMILES string of the molecule is CC(C)C[C@H](N)C(=O)N[C@@H](CCC(N)=O)C(=O)N[C@@H](CO)C(=O)O. The molecule has 0 aromatic rings. The molecule has 0 saturated carbocycles. The first-order chi connectivity index (χ1) is 11.1. The second-order valence-electron chi connectivity index (χ2n) is 5.88. The van der Waals surface area contributed by atoms with Crippen molar-refractivity contribution < 1.29 is 29.4 Å². The van der Waals surface area contributed by atoms with Crippen LogP contribution in [0.3, 0.4) is 0 Å². The second-order valence-corrected chi connectivity index (χ2v) is 5.88. The Morgan fingerprint density at radius 3 is 2.00 bits per heavy atom. The van der Waals surface area contributed by atoms with Crippen LogP contribution in [0.5, 0.6) is 0 Å². The highest BCUT2D eigenvalue weighted by Gasteiger charge is 2.28. The van der Waals surface area contributed by atoms with Crippen LogP contribution in [0.15, 0.2) is 0 Å². The molecule has 0 aromatic heterocycles. The summed E-state index contributed by atoms with van der Waals surface area (Å²) in [5.41, 5.74) is 10.8. The first-order valence-corrected chi connectivity index (χ1v) is 7.56. The fourth-order valence-corrected chi connectivity index (χ4v) is 1.91. The van der Waals surface area contributed by atoms with Gasteiger partial charge in [0.2, 0.25) is 17.7 Å². The number of primary amides is 1. The van der Waals surface area contributed by atoms with Crippen LogP contribution in [0.4, 0.5) is 0 Å². The molecule has 0 radical (unpaired) electrons. The molecule has 0 saturated heterocycles. The molecule has 0 aliphatic heterocycles. The molecule has 0 unspecified atom stereocenters. The maximum atomic E-state index is 12.1. The number of hydrogen-bond acceptors (Lipinski definition) is 6. The number of aliphatic hydroxyl groups is 1. The quantitative estimate of drug-likeness (QED) is 0.242. The molecule has 3 atom stereocenters. The Morgan fingerprint density at radius 2 is 1.58 bits per heavy atom. The zero-order chi connectivity index (χ0) is 18.9.